The molecule has 0 spiro atoms. The van der Waals surface area contributed by atoms with E-state index in [1.165, 1.54) is 12.4 Å². The Labute approximate surface area is 140 Å². The highest BCUT2D eigenvalue weighted by atomic mass is 16.3. The van der Waals surface area contributed by atoms with Crippen molar-refractivity contribution in [3.8, 4) is 0 Å². The molecular weight excluding hydrogens is 304 g/mol. The summed E-state index contributed by atoms with van der Waals surface area (Å²) in [5.74, 6) is 1.09. The number of hydrogen-bond acceptors (Lipinski definition) is 5. The van der Waals surface area contributed by atoms with Gasteiger partial charge in [-0.05, 0) is 49.2 Å². The number of aromatic nitrogens is 2. The number of furan rings is 1. The van der Waals surface area contributed by atoms with E-state index in [1.54, 1.807) is 6.26 Å². The molecule has 24 heavy (non-hydrogen) atoms. The zero-order valence-electron chi connectivity index (χ0n) is 13.5. The molecule has 122 valence electrons. The first-order valence-corrected chi connectivity index (χ1v) is 7.58. The Hall–Kier alpha value is -3.15. The minimum absolute atomic E-state index is 0.262. The second-order valence-corrected chi connectivity index (χ2v) is 5.55. The van der Waals surface area contributed by atoms with Gasteiger partial charge < -0.3 is 15.1 Å². The van der Waals surface area contributed by atoms with Crippen molar-refractivity contribution in [1.29, 1.82) is 0 Å². The van der Waals surface area contributed by atoms with Gasteiger partial charge in [-0.2, -0.15) is 0 Å². The Morgan fingerprint density at radius 3 is 2.54 bits per heavy atom. The summed E-state index contributed by atoms with van der Waals surface area (Å²) in [5, 5.41) is 5.92. The molecule has 0 unspecified atom stereocenters. The zero-order chi connectivity index (χ0) is 16.9. The van der Waals surface area contributed by atoms with Crippen LogP contribution in [-0.2, 0) is 6.54 Å². The fourth-order valence-corrected chi connectivity index (χ4v) is 2.37. The lowest BCUT2D eigenvalue weighted by Gasteiger charge is -2.08. The molecule has 0 saturated heterocycles. The molecule has 2 heterocycles. The normalized spacial score (nSPS) is 10.4. The summed E-state index contributed by atoms with van der Waals surface area (Å²) >= 11 is 0. The lowest BCUT2D eigenvalue weighted by Crippen LogP contribution is -2.14. The van der Waals surface area contributed by atoms with Gasteiger partial charge in [0.25, 0.3) is 5.91 Å². The van der Waals surface area contributed by atoms with Crippen LogP contribution < -0.4 is 10.6 Å². The number of anilines is 2. The summed E-state index contributed by atoms with van der Waals surface area (Å²) < 4.78 is 5.23. The number of hydrogen-bond donors (Lipinski definition) is 2. The maximum atomic E-state index is 12.2. The third kappa shape index (κ3) is 3.98. The van der Waals surface area contributed by atoms with Crippen molar-refractivity contribution in [2.45, 2.75) is 20.4 Å². The number of nitrogens with zero attached hydrogens (tertiary/aromatic N) is 2. The van der Waals surface area contributed by atoms with Gasteiger partial charge in [0, 0.05) is 5.69 Å². The number of aryl methyl sites for hydroxylation is 2. The van der Waals surface area contributed by atoms with Gasteiger partial charge in [0.05, 0.1) is 25.2 Å². The minimum Gasteiger partial charge on any atom is -0.467 e. The molecule has 0 aliphatic carbocycles. The van der Waals surface area contributed by atoms with E-state index in [4.69, 9.17) is 4.42 Å². The van der Waals surface area contributed by atoms with Gasteiger partial charge in [-0.25, -0.2) is 9.97 Å². The zero-order valence-corrected chi connectivity index (χ0v) is 13.5. The minimum atomic E-state index is -0.287. The van der Waals surface area contributed by atoms with E-state index in [9.17, 15) is 4.79 Å². The SMILES string of the molecule is Cc1cc(C)cc(NC(=O)c2cnc(NCc3ccco3)cn2)c1. The smallest absolute Gasteiger partial charge is 0.275 e. The van der Waals surface area contributed by atoms with Crippen molar-refractivity contribution in [2.24, 2.45) is 0 Å². The predicted octanol–water partition coefficient (Wildman–Crippen LogP) is 3.55. The predicted molar refractivity (Wildman–Crippen MR) is 91.9 cm³/mol. The van der Waals surface area contributed by atoms with Crippen LogP contribution in [0.2, 0.25) is 0 Å². The second kappa shape index (κ2) is 6.95. The molecule has 0 atom stereocenters. The van der Waals surface area contributed by atoms with E-state index >= 15 is 0 Å². The highest BCUT2D eigenvalue weighted by molar-refractivity contribution is 6.02. The van der Waals surface area contributed by atoms with Crippen molar-refractivity contribution in [1.82, 2.24) is 9.97 Å². The van der Waals surface area contributed by atoms with Crippen molar-refractivity contribution < 1.29 is 9.21 Å². The van der Waals surface area contributed by atoms with Crippen LogP contribution in [0, 0.1) is 13.8 Å². The van der Waals surface area contributed by atoms with Gasteiger partial charge in [-0.3, -0.25) is 4.79 Å². The molecule has 6 nitrogen and oxygen atoms in total. The molecule has 2 N–H and O–H groups in total. The van der Waals surface area contributed by atoms with Crippen LogP contribution in [0.25, 0.3) is 0 Å². The molecule has 0 bridgehead atoms. The fraction of sp³-hybridized carbons (Fsp3) is 0.167. The third-order valence-corrected chi connectivity index (χ3v) is 3.39. The summed E-state index contributed by atoms with van der Waals surface area (Å²) in [6.07, 6.45) is 4.59. The lowest BCUT2D eigenvalue weighted by molar-refractivity contribution is 0.102. The van der Waals surface area contributed by atoms with Gasteiger partial charge in [0.2, 0.25) is 0 Å². The Bertz CT molecular complexity index is 806. The van der Waals surface area contributed by atoms with Crippen molar-refractivity contribution >= 4 is 17.4 Å². The van der Waals surface area contributed by atoms with Crippen molar-refractivity contribution in [3.63, 3.8) is 0 Å². The average Bonchev–Trinajstić information content (AvgIpc) is 3.06. The maximum Gasteiger partial charge on any atom is 0.275 e. The number of carbonyl (C=O) groups excluding carboxylic acids is 1. The quantitative estimate of drug-likeness (QED) is 0.751. The largest absolute Gasteiger partial charge is 0.467 e. The summed E-state index contributed by atoms with van der Waals surface area (Å²) in [6, 6.07) is 9.57. The molecule has 0 aliphatic heterocycles. The average molecular weight is 322 g/mol. The van der Waals surface area contributed by atoms with Crippen LogP contribution in [0.15, 0.2) is 53.4 Å². The van der Waals surface area contributed by atoms with Crippen LogP contribution >= 0.6 is 0 Å². The summed E-state index contributed by atoms with van der Waals surface area (Å²) in [6.45, 7) is 4.49. The number of amides is 1. The summed E-state index contributed by atoms with van der Waals surface area (Å²) in [4.78, 5) is 20.6. The topological polar surface area (TPSA) is 80.0 Å². The van der Waals surface area contributed by atoms with Crippen LogP contribution in [0.5, 0.6) is 0 Å². The number of rotatable bonds is 5. The van der Waals surface area contributed by atoms with Gasteiger partial charge in [0.1, 0.15) is 17.3 Å². The highest BCUT2D eigenvalue weighted by Crippen LogP contribution is 2.14. The molecule has 0 fully saturated rings. The Kier molecular flexibility index (Phi) is 4.56. The van der Waals surface area contributed by atoms with E-state index < -0.39 is 0 Å². The van der Waals surface area contributed by atoms with Crippen molar-refractivity contribution in [2.75, 3.05) is 10.6 Å². The molecule has 2 aromatic heterocycles. The van der Waals surface area contributed by atoms with E-state index in [1.807, 2.05) is 38.1 Å². The maximum absolute atomic E-state index is 12.2. The van der Waals surface area contributed by atoms with E-state index in [-0.39, 0.29) is 11.6 Å². The molecule has 3 aromatic rings. The Morgan fingerprint density at radius 2 is 1.92 bits per heavy atom. The number of carbonyl (C=O) groups is 1. The molecule has 1 amide bonds. The molecule has 6 heteroatoms. The first kappa shape index (κ1) is 15.7. The third-order valence-electron chi connectivity index (χ3n) is 3.39. The Morgan fingerprint density at radius 1 is 1.12 bits per heavy atom. The summed E-state index contributed by atoms with van der Waals surface area (Å²) in [5.41, 5.74) is 3.19. The molecular formula is C18H18N4O2. The van der Waals surface area contributed by atoms with E-state index in [0.717, 1.165) is 22.6 Å². The number of nitrogens with one attached hydrogen (secondary N) is 2. The first-order chi connectivity index (χ1) is 11.6. The molecule has 0 saturated carbocycles. The van der Waals surface area contributed by atoms with E-state index in [2.05, 4.69) is 26.7 Å². The van der Waals surface area contributed by atoms with E-state index in [0.29, 0.717) is 12.4 Å². The van der Waals surface area contributed by atoms with Crippen LogP contribution in [0.1, 0.15) is 27.4 Å². The van der Waals surface area contributed by atoms with Gasteiger partial charge >= 0.3 is 0 Å². The molecule has 0 radical (unpaired) electrons. The van der Waals surface area contributed by atoms with Gasteiger partial charge in [-0.15, -0.1) is 0 Å². The fourth-order valence-electron chi connectivity index (χ4n) is 2.37. The summed E-state index contributed by atoms with van der Waals surface area (Å²) in [7, 11) is 0. The lowest BCUT2D eigenvalue weighted by atomic mass is 10.1. The number of benzene rings is 1. The first-order valence-electron chi connectivity index (χ1n) is 7.58. The standard InChI is InChI=1S/C18H18N4O2/c1-12-6-13(2)8-14(7-12)22-18(23)16-10-21-17(11-19-16)20-9-15-4-3-5-24-15/h3-8,10-11H,9H2,1-2H3,(H,20,21)(H,22,23). The second-order valence-electron chi connectivity index (χ2n) is 5.55. The van der Waals surface area contributed by atoms with Crippen LogP contribution in [0.4, 0.5) is 11.5 Å². The van der Waals surface area contributed by atoms with Crippen LogP contribution in [0.3, 0.4) is 0 Å². The molecule has 0 aliphatic rings. The van der Waals surface area contributed by atoms with Gasteiger partial charge in [0.15, 0.2) is 0 Å². The van der Waals surface area contributed by atoms with Crippen LogP contribution in [-0.4, -0.2) is 15.9 Å². The monoisotopic (exact) mass is 322 g/mol. The Balaban J connectivity index is 1.63. The molecule has 1 aromatic carbocycles. The van der Waals surface area contributed by atoms with Crippen molar-refractivity contribution in [3.05, 3.63) is 71.6 Å². The van der Waals surface area contributed by atoms with Gasteiger partial charge in [-0.1, -0.05) is 6.07 Å². The highest BCUT2D eigenvalue weighted by Gasteiger charge is 2.09. The molecule has 3 rings (SSSR count).